The summed E-state index contributed by atoms with van der Waals surface area (Å²) in [6, 6.07) is 0. The molecule has 0 saturated heterocycles. The molecule has 1 nitrogen and oxygen atoms in total. The molecule has 1 aliphatic rings. The van der Waals surface area contributed by atoms with Crippen molar-refractivity contribution in [1.82, 2.24) is 0 Å². The molecule has 0 spiro atoms. The van der Waals surface area contributed by atoms with Gasteiger partial charge in [-0.2, -0.15) is 0 Å². The molecule has 0 amide bonds. The summed E-state index contributed by atoms with van der Waals surface area (Å²) in [5, 5.41) is 0.207. The molecule has 0 heterocycles. The number of carbonyl (C=O) groups is 1. The van der Waals surface area contributed by atoms with Crippen LogP contribution in [0.2, 0.25) is 0 Å². The number of hydrogen-bond donors (Lipinski definition) is 0. The zero-order valence-electron chi connectivity index (χ0n) is 11.4. The van der Waals surface area contributed by atoms with E-state index in [1.54, 1.807) is 11.8 Å². The van der Waals surface area contributed by atoms with Crippen LogP contribution < -0.4 is 0 Å². The second kappa shape index (κ2) is 7.25. The van der Waals surface area contributed by atoms with Crippen molar-refractivity contribution in [2.75, 3.05) is 0 Å². The second-order valence-electron chi connectivity index (χ2n) is 5.37. The largest absolute Gasteiger partial charge is 0.282 e. The Morgan fingerprint density at radius 1 is 1.18 bits per heavy atom. The Balaban J connectivity index is 2.70. The van der Waals surface area contributed by atoms with Crippen molar-refractivity contribution in [1.29, 1.82) is 0 Å². The Morgan fingerprint density at radius 2 is 1.71 bits per heavy atom. The van der Waals surface area contributed by atoms with Crippen LogP contribution >= 0.6 is 11.8 Å². The fourth-order valence-electron chi connectivity index (χ4n) is 2.69. The van der Waals surface area contributed by atoms with Gasteiger partial charge >= 0.3 is 0 Å². The maximum Gasteiger partial charge on any atom is 0.214 e. The minimum Gasteiger partial charge on any atom is -0.282 e. The average molecular weight is 254 g/mol. The van der Waals surface area contributed by atoms with Crippen molar-refractivity contribution in [2.45, 2.75) is 76.4 Å². The highest BCUT2D eigenvalue weighted by molar-refractivity contribution is 8.15. The van der Waals surface area contributed by atoms with Crippen molar-refractivity contribution in [2.24, 2.45) is 0 Å². The summed E-state index contributed by atoms with van der Waals surface area (Å²) in [7, 11) is 0. The summed E-state index contributed by atoms with van der Waals surface area (Å²) < 4.78 is 0.213. The Labute approximate surface area is 110 Å². The first-order chi connectivity index (χ1) is 8.09. The van der Waals surface area contributed by atoms with Crippen molar-refractivity contribution in [3.05, 3.63) is 12.2 Å². The number of rotatable bonds is 4. The standard InChI is InChI=1S/C15H26OS/c1-4-10-15(17-14(16)13(2)3)11-8-6-5-7-9-12-15/h2,4-12H2,1,3H3. The third-order valence-electron chi connectivity index (χ3n) is 3.63. The molecule has 0 aromatic heterocycles. The van der Waals surface area contributed by atoms with Gasteiger partial charge < -0.3 is 0 Å². The van der Waals surface area contributed by atoms with Gasteiger partial charge in [0, 0.05) is 4.75 Å². The smallest absolute Gasteiger partial charge is 0.214 e. The molecule has 0 aliphatic heterocycles. The topological polar surface area (TPSA) is 17.1 Å². The molecule has 17 heavy (non-hydrogen) atoms. The van der Waals surface area contributed by atoms with E-state index in [9.17, 15) is 4.79 Å². The normalized spacial score (nSPS) is 20.4. The van der Waals surface area contributed by atoms with E-state index in [0.29, 0.717) is 5.57 Å². The van der Waals surface area contributed by atoms with Crippen LogP contribution in [0.15, 0.2) is 12.2 Å². The van der Waals surface area contributed by atoms with E-state index < -0.39 is 0 Å². The average Bonchev–Trinajstić information content (AvgIpc) is 2.24. The molecule has 98 valence electrons. The van der Waals surface area contributed by atoms with E-state index in [1.165, 1.54) is 57.8 Å². The van der Waals surface area contributed by atoms with Crippen LogP contribution in [0, 0.1) is 0 Å². The summed E-state index contributed by atoms with van der Waals surface area (Å²) in [5.41, 5.74) is 0.701. The van der Waals surface area contributed by atoms with Gasteiger partial charge in [-0.25, -0.2) is 0 Å². The van der Waals surface area contributed by atoms with Gasteiger partial charge in [-0.05, 0) is 31.8 Å². The van der Waals surface area contributed by atoms with Crippen LogP contribution in [-0.4, -0.2) is 9.86 Å². The molecule has 0 atom stereocenters. The lowest BCUT2D eigenvalue weighted by Gasteiger charge is -2.34. The van der Waals surface area contributed by atoms with Crippen molar-refractivity contribution >= 4 is 16.9 Å². The quantitative estimate of drug-likeness (QED) is 0.649. The van der Waals surface area contributed by atoms with Gasteiger partial charge in [-0.1, -0.05) is 63.8 Å². The molecule has 2 heteroatoms. The maximum absolute atomic E-state index is 12.0. The molecule has 1 saturated carbocycles. The van der Waals surface area contributed by atoms with E-state index in [-0.39, 0.29) is 9.86 Å². The highest BCUT2D eigenvalue weighted by Crippen LogP contribution is 2.42. The SMILES string of the molecule is C=C(C)C(=O)SC1(CCC)CCCCCCC1. The lowest BCUT2D eigenvalue weighted by atomic mass is 9.87. The zero-order valence-corrected chi connectivity index (χ0v) is 12.2. The zero-order chi connectivity index (χ0) is 12.7. The van der Waals surface area contributed by atoms with Crippen LogP contribution in [0.25, 0.3) is 0 Å². The molecule has 1 aliphatic carbocycles. The number of hydrogen-bond acceptors (Lipinski definition) is 2. The first-order valence-corrected chi connectivity index (χ1v) is 7.80. The van der Waals surface area contributed by atoms with Gasteiger partial charge in [0.05, 0.1) is 0 Å². The highest BCUT2D eigenvalue weighted by atomic mass is 32.2. The van der Waals surface area contributed by atoms with Gasteiger partial charge in [-0.15, -0.1) is 0 Å². The second-order valence-corrected chi connectivity index (χ2v) is 6.81. The molecule has 0 N–H and O–H groups in total. The van der Waals surface area contributed by atoms with E-state index in [1.807, 2.05) is 6.92 Å². The van der Waals surface area contributed by atoms with E-state index in [0.717, 1.165) is 0 Å². The Bertz CT molecular complexity index is 262. The lowest BCUT2D eigenvalue weighted by Crippen LogP contribution is -2.27. The third-order valence-corrected chi connectivity index (χ3v) is 5.21. The molecular weight excluding hydrogens is 228 g/mol. The van der Waals surface area contributed by atoms with E-state index >= 15 is 0 Å². The van der Waals surface area contributed by atoms with Crippen molar-refractivity contribution in [3.8, 4) is 0 Å². The monoisotopic (exact) mass is 254 g/mol. The predicted molar refractivity (Wildman–Crippen MR) is 77.4 cm³/mol. The van der Waals surface area contributed by atoms with Crippen LogP contribution in [0.4, 0.5) is 0 Å². The minimum absolute atomic E-state index is 0.207. The summed E-state index contributed by atoms with van der Waals surface area (Å²) in [6.45, 7) is 7.84. The molecule has 0 bridgehead atoms. The van der Waals surface area contributed by atoms with E-state index in [4.69, 9.17) is 0 Å². The fraction of sp³-hybridized carbons (Fsp3) is 0.800. The summed E-state index contributed by atoms with van der Waals surface area (Å²) in [5.74, 6) is 0. The van der Waals surface area contributed by atoms with E-state index in [2.05, 4.69) is 13.5 Å². The molecular formula is C15H26OS. The number of thioether (sulfide) groups is 1. The molecule has 0 aromatic rings. The molecule has 0 radical (unpaired) electrons. The Kier molecular flexibility index (Phi) is 6.32. The van der Waals surface area contributed by atoms with Crippen molar-refractivity contribution in [3.63, 3.8) is 0 Å². The minimum atomic E-state index is 0.207. The maximum atomic E-state index is 12.0. The molecule has 0 aromatic carbocycles. The Morgan fingerprint density at radius 3 is 2.18 bits per heavy atom. The van der Waals surface area contributed by atoms with Gasteiger partial charge in [0.15, 0.2) is 0 Å². The van der Waals surface area contributed by atoms with Gasteiger partial charge in [0.2, 0.25) is 5.12 Å². The van der Waals surface area contributed by atoms with Crippen LogP contribution in [0.3, 0.4) is 0 Å². The summed E-state index contributed by atoms with van der Waals surface area (Å²) in [6.07, 6.45) is 11.4. The van der Waals surface area contributed by atoms with Gasteiger partial charge in [0.1, 0.15) is 0 Å². The highest BCUT2D eigenvalue weighted by Gasteiger charge is 2.32. The van der Waals surface area contributed by atoms with Gasteiger partial charge in [-0.3, -0.25) is 4.79 Å². The number of carbonyl (C=O) groups excluding carboxylic acids is 1. The van der Waals surface area contributed by atoms with Crippen LogP contribution in [0.1, 0.15) is 71.6 Å². The third kappa shape index (κ3) is 4.87. The predicted octanol–water partition coefficient (Wildman–Crippen LogP) is 5.11. The summed E-state index contributed by atoms with van der Waals surface area (Å²) >= 11 is 1.58. The van der Waals surface area contributed by atoms with Crippen LogP contribution in [0.5, 0.6) is 0 Å². The lowest BCUT2D eigenvalue weighted by molar-refractivity contribution is -0.107. The molecule has 1 fully saturated rings. The first-order valence-electron chi connectivity index (χ1n) is 6.98. The molecule has 0 unspecified atom stereocenters. The first kappa shape index (κ1) is 14.8. The van der Waals surface area contributed by atoms with Crippen molar-refractivity contribution < 1.29 is 4.79 Å². The Hall–Kier alpha value is -0.240. The van der Waals surface area contributed by atoms with Gasteiger partial charge in [0.25, 0.3) is 0 Å². The fourth-order valence-corrected chi connectivity index (χ4v) is 4.06. The molecule has 1 rings (SSSR count). The summed E-state index contributed by atoms with van der Waals surface area (Å²) in [4.78, 5) is 12.0. The van der Waals surface area contributed by atoms with Crippen LogP contribution in [-0.2, 0) is 4.79 Å².